The minimum atomic E-state index is 0.131. The Bertz CT molecular complexity index is 725. The van der Waals surface area contributed by atoms with E-state index in [0.717, 1.165) is 49.0 Å². The smallest absolute Gasteiger partial charge is 0.219 e. The van der Waals surface area contributed by atoms with E-state index in [4.69, 9.17) is 4.74 Å². The number of rotatable bonds is 1. The molecule has 22 heavy (non-hydrogen) atoms. The van der Waals surface area contributed by atoms with Crippen molar-refractivity contribution in [1.29, 1.82) is 0 Å². The summed E-state index contributed by atoms with van der Waals surface area (Å²) in [5.74, 6) is 2.98. The number of benzene rings is 1. The summed E-state index contributed by atoms with van der Waals surface area (Å²) in [4.78, 5) is 13.6. The fourth-order valence-corrected chi connectivity index (χ4v) is 3.33. The molecule has 4 rings (SSSR count). The monoisotopic (exact) mass is 298 g/mol. The number of piperidine rings is 1. The standard InChI is InChI=1S/C16H18N4O2/c1-11(21)19-8-4-5-12(9-19)16-18-17-15-10-22-14-7-3-2-6-13(14)20(15)16/h2-3,6-7,12H,4-5,8-10H2,1H3. The molecule has 1 aromatic carbocycles. The highest BCUT2D eigenvalue weighted by atomic mass is 16.5. The van der Waals surface area contributed by atoms with Crippen molar-refractivity contribution in [2.45, 2.75) is 32.3 Å². The van der Waals surface area contributed by atoms with E-state index < -0.39 is 0 Å². The molecule has 3 heterocycles. The first kappa shape index (κ1) is 13.3. The number of nitrogens with zero attached hydrogens (tertiary/aromatic N) is 4. The topological polar surface area (TPSA) is 60.2 Å². The second-order valence-electron chi connectivity index (χ2n) is 5.87. The van der Waals surface area contributed by atoms with Crippen LogP contribution in [0.15, 0.2) is 24.3 Å². The molecule has 0 N–H and O–H groups in total. The van der Waals surface area contributed by atoms with Crippen LogP contribution in [0.4, 0.5) is 0 Å². The summed E-state index contributed by atoms with van der Waals surface area (Å²) in [5.41, 5.74) is 0.990. The fourth-order valence-electron chi connectivity index (χ4n) is 3.33. The van der Waals surface area contributed by atoms with Crippen LogP contribution in [-0.4, -0.2) is 38.7 Å². The molecule has 1 fully saturated rings. The number of carbonyl (C=O) groups is 1. The average molecular weight is 298 g/mol. The zero-order valence-electron chi connectivity index (χ0n) is 12.5. The quantitative estimate of drug-likeness (QED) is 0.806. The molecule has 0 spiro atoms. The predicted molar refractivity (Wildman–Crippen MR) is 79.9 cm³/mol. The summed E-state index contributed by atoms with van der Waals surface area (Å²) in [7, 11) is 0. The first-order valence-corrected chi connectivity index (χ1v) is 7.66. The van der Waals surface area contributed by atoms with Crippen molar-refractivity contribution in [3.8, 4) is 11.4 Å². The van der Waals surface area contributed by atoms with Gasteiger partial charge < -0.3 is 9.64 Å². The Labute approximate surface area is 128 Å². The lowest BCUT2D eigenvalue weighted by Gasteiger charge is -2.32. The van der Waals surface area contributed by atoms with Crippen LogP contribution in [-0.2, 0) is 11.4 Å². The molecule has 1 aromatic heterocycles. The molecule has 0 aliphatic carbocycles. The van der Waals surface area contributed by atoms with Gasteiger partial charge in [-0.3, -0.25) is 9.36 Å². The van der Waals surface area contributed by atoms with Gasteiger partial charge in [0.2, 0.25) is 5.91 Å². The molecule has 6 heteroatoms. The first-order valence-electron chi connectivity index (χ1n) is 7.66. The van der Waals surface area contributed by atoms with Gasteiger partial charge in [-0.15, -0.1) is 10.2 Å². The number of para-hydroxylation sites is 2. The molecule has 2 aromatic rings. The number of amides is 1. The van der Waals surface area contributed by atoms with Crippen molar-refractivity contribution in [2.75, 3.05) is 13.1 Å². The molecule has 1 unspecified atom stereocenters. The molecule has 1 saturated heterocycles. The zero-order valence-corrected chi connectivity index (χ0v) is 12.5. The third-order valence-corrected chi connectivity index (χ3v) is 4.45. The van der Waals surface area contributed by atoms with Gasteiger partial charge in [-0.25, -0.2) is 0 Å². The van der Waals surface area contributed by atoms with E-state index >= 15 is 0 Å². The van der Waals surface area contributed by atoms with Crippen LogP contribution in [0.3, 0.4) is 0 Å². The van der Waals surface area contributed by atoms with E-state index in [1.807, 2.05) is 29.2 Å². The van der Waals surface area contributed by atoms with Gasteiger partial charge in [-0.1, -0.05) is 12.1 Å². The SMILES string of the molecule is CC(=O)N1CCCC(c2nnc3n2-c2ccccc2OC3)C1. The van der Waals surface area contributed by atoms with Crippen molar-refractivity contribution >= 4 is 5.91 Å². The summed E-state index contributed by atoms with van der Waals surface area (Å²) in [6, 6.07) is 7.94. The number of aromatic nitrogens is 3. The van der Waals surface area contributed by atoms with Crippen LogP contribution < -0.4 is 4.74 Å². The van der Waals surface area contributed by atoms with Crippen molar-refractivity contribution in [3.63, 3.8) is 0 Å². The summed E-state index contributed by atoms with van der Waals surface area (Å²) in [5, 5.41) is 8.69. The summed E-state index contributed by atoms with van der Waals surface area (Å²) >= 11 is 0. The Morgan fingerprint density at radius 1 is 1.32 bits per heavy atom. The molecule has 2 aliphatic rings. The molecule has 0 radical (unpaired) electrons. The Morgan fingerprint density at radius 3 is 3.05 bits per heavy atom. The van der Waals surface area contributed by atoms with E-state index in [2.05, 4.69) is 14.8 Å². The van der Waals surface area contributed by atoms with Crippen LogP contribution in [0, 0.1) is 0 Å². The molecule has 1 amide bonds. The average Bonchev–Trinajstić information content (AvgIpc) is 2.99. The van der Waals surface area contributed by atoms with E-state index in [1.165, 1.54) is 0 Å². The third-order valence-electron chi connectivity index (χ3n) is 4.45. The summed E-state index contributed by atoms with van der Waals surface area (Å²) in [6.45, 7) is 3.63. The maximum atomic E-state index is 11.7. The maximum Gasteiger partial charge on any atom is 0.219 e. The van der Waals surface area contributed by atoms with Crippen LogP contribution in [0.1, 0.15) is 37.3 Å². The van der Waals surface area contributed by atoms with Gasteiger partial charge in [0.25, 0.3) is 0 Å². The fraction of sp³-hybridized carbons (Fsp3) is 0.438. The summed E-state index contributed by atoms with van der Waals surface area (Å²) < 4.78 is 7.83. The largest absolute Gasteiger partial charge is 0.483 e. The number of hydrogen-bond acceptors (Lipinski definition) is 4. The highest BCUT2D eigenvalue weighted by Crippen LogP contribution is 2.34. The molecular formula is C16H18N4O2. The molecule has 0 bridgehead atoms. The minimum absolute atomic E-state index is 0.131. The van der Waals surface area contributed by atoms with Crippen molar-refractivity contribution in [3.05, 3.63) is 35.9 Å². The first-order chi connectivity index (χ1) is 10.7. The zero-order chi connectivity index (χ0) is 15.1. The van der Waals surface area contributed by atoms with E-state index in [0.29, 0.717) is 6.61 Å². The van der Waals surface area contributed by atoms with Crippen LogP contribution in [0.2, 0.25) is 0 Å². The second-order valence-corrected chi connectivity index (χ2v) is 5.87. The number of likely N-dealkylation sites (tertiary alicyclic amines) is 1. The van der Waals surface area contributed by atoms with Gasteiger partial charge in [-0.2, -0.15) is 0 Å². The number of fused-ring (bicyclic) bond motifs is 3. The van der Waals surface area contributed by atoms with Crippen molar-refractivity contribution < 1.29 is 9.53 Å². The van der Waals surface area contributed by atoms with E-state index in [-0.39, 0.29) is 11.8 Å². The molecule has 1 atom stereocenters. The maximum absolute atomic E-state index is 11.7. The van der Waals surface area contributed by atoms with Gasteiger partial charge in [-0.05, 0) is 25.0 Å². The van der Waals surface area contributed by atoms with Crippen LogP contribution >= 0.6 is 0 Å². The molecule has 0 saturated carbocycles. The molecule has 114 valence electrons. The number of ether oxygens (including phenoxy) is 1. The Kier molecular flexibility index (Phi) is 3.10. The Morgan fingerprint density at radius 2 is 2.18 bits per heavy atom. The van der Waals surface area contributed by atoms with E-state index in [1.54, 1.807) is 6.92 Å². The van der Waals surface area contributed by atoms with Gasteiger partial charge in [0.1, 0.15) is 18.2 Å². The third kappa shape index (κ3) is 2.06. The van der Waals surface area contributed by atoms with Gasteiger partial charge in [0.15, 0.2) is 5.82 Å². The number of carbonyl (C=O) groups excluding carboxylic acids is 1. The molecule has 2 aliphatic heterocycles. The highest BCUT2D eigenvalue weighted by molar-refractivity contribution is 5.73. The lowest BCUT2D eigenvalue weighted by atomic mass is 9.97. The number of hydrogen-bond donors (Lipinski definition) is 0. The lowest BCUT2D eigenvalue weighted by Crippen LogP contribution is -2.38. The lowest BCUT2D eigenvalue weighted by molar-refractivity contribution is -0.130. The van der Waals surface area contributed by atoms with Crippen molar-refractivity contribution in [2.24, 2.45) is 0 Å². The highest BCUT2D eigenvalue weighted by Gasteiger charge is 2.30. The Balaban J connectivity index is 1.73. The van der Waals surface area contributed by atoms with Gasteiger partial charge in [0.05, 0.1) is 5.69 Å². The van der Waals surface area contributed by atoms with Crippen LogP contribution in [0.25, 0.3) is 5.69 Å². The predicted octanol–water partition coefficient (Wildman–Crippen LogP) is 1.89. The van der Waals surface area contributed by atoms with Gasteiger partial charge >= 0.3 is 0 Å². The van der Waals surface area contributed by atoms with Crippen molar-refractivity contribution in [1.82, 2.24) is 19.7 Å². The van der Waals surface area contributed by atoms with Crippen LogP contribution in [0.5, 0.6) is 5.75 Å². The normalized spacial score (nSPS) is 20.0. The minimum Gasteiger partial charge on any atom is -0.483 e. The van der Waals surface area contributed by atoms with E-state index in [9.17, 15) is 4.79 Å². The summed E-state index contributed by atoms with van der Waals surface area (Å²) in [6.07, 6.45) is 2.04. The molecule has 6 nitrogen and oxygen atoms in total. The Hall–Kier alpha value is -2.37. The molecular weight excluding hydrogens is 280 g/mol. The van der Waals surface area contributed by atoms with Gasteiger partial charge in [0, 0.05) is 25.9 Å². The second kappa shape index (κ2) is 5.12.